The van der Waals surface area contributed by atoms with E-state index in [1.807, 2.05) is 19.9 Å². The molecule has 0 unspecified atom stereocenters. The van der Waals surface area contributed by atoms with Crippen molar-refractivity contribution in [3.63, 3.8) is 0 Å². The van der Waals surface area contributed by atoms with Gasteiger partial charge in [-0.25, -0.2) is 9.78 Å². The minimum absolute atomic E-state index is 0.0864. The highest BCUT2D eigenvalue weighted by Gasteiger charge is 2.24. The Balaban J connectivity index is 2.19. The van der Waals surface area contributed by atoms with E-state index >= 15 is 0 Å². The highest BCUT2D eigenvalue weighted by molar-refractivity contribution is 6.32. The summed E-state index contributed by atoms with van der Waals surface area (Å²) in [5, 5.41) is 0.0864. The van der Waals surface area contributed by atoms with E-state index in [4.69, 9.17) is 16.3 Å². The molecule has 24 heavy (non-hydrogen) atoms. The summed E-state index contributed by atoms with van der Waals surface area (Å²) in [6.07, 6.45) is -0.906. The number of ketones is 1. The van der Waals surface area contributed by atoms with Crippen LogP contribution in [-0.2, 0) is 4.74 Å². The van der Waals surface area contributed by atoms with Gasteiger partial charge in [-0.15, -0.1) is 0 Å². The van der Waals surface area contributed by atoms with Crippen molar-refractivity contribution in [2.45, 2.75) is 40.7 Å². The van der Waals surface area contributed by atoms with Gasteiger partial charge in [-0.2, -0.15) is 0 Å². The maximum Gasteiger partial charge on any atom is 0.342 e. The molecule has 1 atom stereocenters. The van der Waals surface area contributed by atoms with Crippen LogP contribution in [0.4, 0.5) is 0 Å². The van der Waals surface area contributed by atoms with Gasteiger partial charge in [0.1, 0.15) is 5.15 Å². The Morgan fingerprint density at radius 2 is 1.71 bits per heavy atom. The molecule has 4 nitrogen and oxygen atoms in total. The number of ether oxygens (including phenoxy) is 1. The van der Waals surface area contributed by atoms with Crippen LogP contribution in [0.1, 0.15) is 50.0 Å². The Labute approximate surface area is 146 Å². The number of nitrogens with zero attached hydrogens (tertiary/aromatic N) is 1. The zero-order chi connectivity index (χ0) is 18.0. The summed E-state index contributed by atoms with van der Waals surface area (Å²) < 4.78 is 5.31. The zero-order valence-electron chi connectivity index (χ0n) is 14.4. The molecule has 0 saturated heterocycles. The number of Topliss-reactive ketones (excluding diaryl/α,β-unsaturated/α-hetero) is 1. The lowest BCUT2D eigenvalue weighted by molar-refractivity contribution is 0.0318. The van der Waals surface area contributed by atoms with Crippen LogP contribution < -0.4 is 0 Å². The smallest absolute Gasteiger partial charge is 0.342 e. The molecule has 126 valence electrons. The minimum Gasteiger partial charge on any atom is -0.451 e. The Morgan fingerprint density at radius 3 is 2.29 bits per heavy atom. The van der Waals surface area contributed by atoms with Gasteiger partial charge in [0.25, 0.3) is 0 Å². The summed E-state index contributed by atoms with van der Waals surface area (Å²) in [5.74, 6) is -0.894. The van der Waals surface area contributed by atoms with Crippen molar-refractivity contribution >= 4 is 23.4 Å². The maximum absolute atomic E-state index is 12.5. The monoisotopic (exact) mass is 345 g/mol. The lowest BCUT2D eigenvalue weighted by Crippen LogP contribution is -2.25. The molecule has 2 aromatic rings. The summed E-state index contributed by atoms with van der Waals surface area (Å²) in [5.41, 5.74) is 4.22. The van der Waals surface area contributed by atoms with Crippen molar-refractivity contribution in [1.29, 1.82) is 0 Å². The van der Waals surface area contributed by atoms with Gasteiger partial charge in [-0.1, -0.05) is 23.7 Å². The fraction of sp³-hybridized carbons (Fsp3) is 0.316. The van der Waals surface area contributed by atoms with Gasteiger partial charge in [0.15, 0.2) is 6.10 Å². The second-order valence-corrected chi connectivity index (χ2v) is 6.32. The Morgan fingerprint density at radius 1 is 1.04 bits per heavy atom. The summed E-state index contributed by atoms with van der Waals surface area (Å²) in [7, 11) is 0. The van der Waals surface area contributed by atoms with Gasteiger partial charge >= 0.3 is 5.97 Å². The predicted octanol–water partition coefficient (Wildman–Crippen LogP) is 4.40. The molecular weight excluding hydrogens is 326 g/mol. The number of hydrogen-bond donors (Lipinski definition) is 0. The van der Waals surface area contributed by atoms with Crippen molar-refractivity contribution in [3.05, 3.63) is 62.9 Å². The van der Waals surface area contributed by atoms with Gasteiger partial charge in [0, 0.05) is 11.3 Å². The van der Waals surface area contributed by atoms with E-state index in [2.05, 4.69) is 4.98 Å². The second kappa shape index (κ2) is 7.14. The van der Waals surface area contributed by atoms with Crippen molar-refractivity contribution in [1.82, 2.24) is 4.98 Å². The molecule has 0 aliphatic carbocycles. The number of carbonyl (C=O) groups is 2. The summed E-state index contributed by atoms with van der Waals surface area (Å²) in [4.78, 5) is 28.9. The summed E-state index contributed by atoms with van der Waals surface area (Å²) in [6, 6.07) is 7.16. The number of rotatable bonds is 4. The molecule has 1 heterocycles. The van der Waals surface area contributed by atoms with Crippen LogP contribution in [0.15, 0.2) is 24.3 Å². The first-order valence-corrected chi connectivity index (χ1v) is 8.04. The van der Waals surface area contributed by atoms with Crippen molar-refractivity contribution in [2.24, 2.45) is 0 Å². The van der Waals surface area contributed by atoms with Crippen LogP contribution in [0.2, 0.25) is 5.15 Å². The van der Waals surface area contributed by atoms with Crippen molar-refractivity contribution in [2.75, 3.05) is 0 Å². The first-order valence-electron chi connectivity index (χ1n) is 7.67. The molecule has 2 rings (SSSR count). The number of aryl methyl sites for hydroxylation is 4. The largest absolute Gasteiger partial charge is 0.451 e. The van der Waals surface area contributed by atoms with Crippen LogP contribution in [0.25, 0.3) is 0 Å². The molecular formula is C19H20ClNO3. The molecule has 0 spiro atoms. The number of hydrogen-bond acceptors (Lipinski definition) is 4. The third kappa shape index (κ3) is 3.82. The predicted molar refractivity (Wildman–Crippen MR) is 93.8 cm³/mol. The van der Waals surface area contributed by atoms with E-state index in [1.54, 1.807) is 39.0 Å². The number of halogens is 1. The highest BCUT2D eigenvalue weighted by atomic mass is 35.5. The molecule has 5 heteroatoms. The summed E-state index contributed by atoms with van der Waals surface area (Å²) in [6.45, 7) is 9.01. The quantitative estimate of drug-likeness (QED) is 0.468. The van der Waals surface area contributed by atoms with Gasteiger partial charge in [-0.3, -0.25) is 4.79 Å². The molecule has 0 radical (unpaired) electrons. The molecule has 0 N–H and O–H groups in total. The van der Waals surface area contributed by atoms with Crippen molar-refractivity contribution in [3.8, 4) is 0 Å². The summed E-state index contributed by atoms with van der Waals surface area (Å²) >= 11 is 6.05. The molecule has 0 aliphatic rings. The fourth-order valence-corrected chi connectivity index (χ4v) is 2.80. The number of pyridine rings is 1. The van der Waals surface area contributed by atoms with Gasteiger partial charge in [-0.05, 0) is 63.4 Å². The first-order chi connectivity index (χ1) is 11.2. The first kappa shape index (κ1) is 18.1. The molecule has 1 aromatic heterocycles. The van der Waals surface area contributed by atoms with E-state index in [1.165, 1.54) is 0 Å². The van der Waals surface area contributed by atoms with E-state index in [0.29, 0.717) is 16.8 Å². The second-order valence-electron chi connectivity index (χ2n) is 5.96. The Kier molecular flexibility index (Phi) is 5.40. The van der Waals surface area contributed by atoms with Crippen molar-refractivity contribution < 1.29 is 14.3 Å². The average Bonchev–Trinajstić information content (AvgIpc) is 2.48. The van der Waals surface area contributed by atoms with Crippen LogP contribution in [0.5, 0.6) is 0 Å². The number of esters is 1. The molecule has 0 amide bonds. The lowest BCUT2D eigenvalue weighted by Gasteiger charge is -2.15. The Hall–Kier alpha value is -2.20. The molecule has 0 aliphatic heterocycles. The fourth-order valence-electron chi connectivity index (χ4n) is 2.44. The van der Waals surface area contributed by atoms with Crippen LogP contribution in [0, 0.1) is 27.7 Å². The third-order valence-corrected chi connectivity index (χ3v) is 4.22. The average molecular weight is 346 g/mol. The van der Waals surface area contributed by atoms with Gasteiger partial charge in [0.2, 0.25) is 5.78 Å². The molecule has 0 saturated carbocycles. The van der Waals surface area contributed by atoms with Gasteiger partial charge in [0.05, 0.1) is 5.56 Å². The minimum atomic E-state index is -0.906. The van der Waals surface area contributed by atoms with Crippen LogP contribution in [0.3, 0.4) is 0 Å². The lowest BCUT2D eigenvalue weighted by atomic mass is 10.0. The topological polar surface area (TPSA) is 56.3 Å². The van der Waals surface area contributed by atoms with Gasteiger partial charge < -0.3 is 4.74 Å². The number of carbonyl (C=O) groups excluding carboxylic acids is 2. The van der Waals surface area contributed by atoms with E-state index in [-0.39, 0.29) is 16.5 Å². The maximum atomic E-state index is 12.5. The standard InChI is InChI=1S/C19H20ClNO3/c1-10-6-7-15(9-11(10)2)17(22)14(5)24-19(23)16-12(3)8-13(4)21-18(16)20/h6-9,14H,1-5H3/t14-/m0/s1. The van der Waals surface area contributed by atoms with Crippen LogP contribution >= 0.6 is 11.6 Å². The van der Waals surface area contributed by atoms with Crippen LogP contribution in [-0.4, -0.2) is 22.8 Å². The Bertz CT molecular complexity index is 791. The molecule has 1 aromatic carbocycles. The molecule has 0 bridgehead atoms. The highest BCUT2D eigenvalue weighted by Crippen LogP contribution is 2.21. The third-order valence-electron chi connectivity index (χ3n) is 3.95. The van der Waals surface area contributed by atoms with E-state index in [9.17, 15) is 9.59 Å². The SMILES string of the molecule is Cc1cc(C)c(C(=O)O[C@@H](C)C(=O)c2ccc(C)c(C)c2)c(Cl)n1. The number of benzene rings is 1. The molecule has 0 fully saturated rings. The number of aromatic nitrogens is 1. The van der Waals surface area contributed by atoms with E-state index in [0.717, 1.165) is 11.1 Å². The zero-order valence-corrected chi connectivity index (χ0v) is 15.2. The van der Waals surface area contributed by atoms with E-state index < -0.39 is 12.1 Å². The normalized spacial score (nSPS) is 11.9.